The maximum absolute atomic E-state index is 2.45. The summed E-state index contributed by atoms with van der Waals surface area (Å²) in [5.74, 6) is 1.80. The molecule has 0 nitrogen and oxygen atoms in total. The smallest absolute Gasteiger partial charge is 0.00702 e. The van der Waals surface area contributed by atoms with Gasteiger partial charge in [-0.3, -0.25) is 0 Å². The molecule has 0 spiro atoms. The molecule has 0 amide bonds. The van der Waals surface area contributed by atoms with Crippen LogP contribution in [0.15, 0.2) is 23.3 Å². The Balaban J connectivity index is 2.38. The molecule has 0 heterocycles. The first kappa shape index (κ1) is 11.0. The van der Waals surface area contributed by atoms with Gasteiger partial charge in [0.05, 0.1) is 0 Å². The Morgan fingerprint density at radius 2 is 1.87 bits per heavy atom. The summed E-state index contributed by atoms with van der Waals surface area (Å²) < 4.78 is 0. The van der Waals surface area contributed by atoms with Crippen LogP contribution in [-0.4, -0.2) is 0 Å². The molecule has 0 aromatic carbocycles. The molecular formula is C15H24. The molecule has 0 heteroatoms. The summed E-state index contributed by atoms with van der Waals surface area (Å²) in [6.07, 6.45) is 10.3. The van der Waals surface area contributed by atoms with Crippen LogP contribution in [0.2, 0.25) is 0 Å². The Bertz CT molecular complexity index is 304. The molecule has 0 N–H and O–H groups in total. The molecule has 1 fully saturated rings. The highest BCUT2D eigenvalue weighted by atomic mass is 14.5. The first-order valence-electron chi connectivity index (χ1n) is 6.43. The highest BCUT2D eigenvalue weighted by Gasteiger charge is 2.45. The maximum Gasteiger partial charge on any atom is -0.00702 e. The monoisotopic (exact) mass is 204 g/mol. The van der Waals surface area contributed by atoms with E-state index in [4.69, 9.17) is 0 Å². The summed E-state index contributed by atoms with van der Waals surface area (Å²) in [5, 5.41) is 0. The van der Waals surface area contributed by atoms with Crippen molar-refractivity contribution in [2.45, 2.75) is 53.4 Å². The van der Waals surface area contributed by atoms with Gasteiger partial charge >= 0.3 is 0 Å². The minimum absolute atomic E-state index is 0.418. The van der Waals surface area contributed by atoms with Gasteiger partial charge in [-0.15, -0.1) is 0 Å². The van der Waals surface area contributed by atoms with Crippen LogP contribution in [-0.2, 0) is 0 Å². The van der Waals surface area contributed by atoms with Crippen molar-refractivity contribution in [2.24, 2.45) is 17.3 Å². The van der Waals surface area contributed by atoms with Crippen molar-refractivity contribution in [3.8, 4) is 0 Å². The zero-order valence-electron chi connectivity index (χ0n) is 10.6. The summed E-state index contributed by atoms with van der Waals surface area (Å²) in [6, 6.07) is 0. The van der Waals surface area contributed by atoms with Crippen molar-refractivity contribution < 1.29 is 0 Å². The second kappa shape index (κ2) is 3.81. The van der Waals surface area contributed by atoms with E-state index in [9.17, 15) is 0 Å². The van der Waals surface area contributed by atoms with Gasteiger partial charge in [0.1, 0.15) is 0 Å². The molecular weight excluding hydrogens is 180 g/mol. The van der Waals surface area contributed by atoms with E-state index in [1.54, 1.807) is 11.1 Å². The normalized spacial score (nSPS) is 34.9. The minimum atomic E-state index is 0.418. The van der Waals surface area contributed by atoms with Gasteiger partial charge in [0.15, 0.2) is 0 Å². The van der Waals surface area contributed by atoms with Crippen LogP contribution in [0.4, 0.5) is 0 Å². The summed E-state index contributed by atoms with van der Waals surface area (Å²) in [6.45, 7) is 9.40. The first-order valence-corrected chi connectivity index (χ1v) is 6.43. The standard InChI is InChI=1S/C15H24/c1-5-8-13-11(2)12-9-6-7-10-14(12)15(13,3)4/h5,8,12,14H,6-7,9-10H2,1-4H3. The molecule has 2 aliphatic rings. The van der Waals surface area contributed by atoms with E-state index in [1.807, 2.05) is 0 Å². The molecule has 84 valence electrons. The molecule has 0 aliphatic heterocycles. The molecule has 2 aliphatic carbocycles. The molecule has 15 heavy (non-hydrogen) atoms. The van der Waals surface area contributed by atoms with Crippen molar-refractivity contribution >= 4 is 0 Å². The highest BCUT2D eigenvalue weighted by molar-refractivity contribution is 5.38. The van der Waals surface area contributed by atoms with Gasteiger partial charge in [-0.1, -0.05) is 44.4 Å². The fraction of sp³-hybridized carbons (Fsp3) is 0.733. The van der Waals surface area contributed by atoms with Crippen LogP contribution in [0.25, 0.3) is 0 Å². The minimum Gasteiger partial charge on any atom is -0.0874 e. The Kier molecular flexibility index (Phi) is 2.79. The van der Waals surface area contributed by atoms with Gasteiger partial charge in [0.2, 0.25) is 0 Å². The lowest BCUT2D eigenvalue weighted by Crippen LogP contribution is -2.27. The van der Waals surface area contributed by atoms with Gasteiger partial charge in [0, 0.05) is 0 Å². The average Bonchev–Trinajstić information content (AvgIpc) is 2.41. The van der Waals surface area contributed by atoms with Crippen LogP contribution in [0.1, 0.15) is 53.4 Å². The Hall–Kier alpha value is -0.520. The van der Waals surface area contributed by atoms with Crippen molar-refractivity contribution in [1.29, 1.82) is 0 Å². The second-order valence-electron chi connectivity index (χ2n) is 5.82. The SMILES string of the molecule is CC=CC1=C(C)C2CCCCC2C1(C)C. The second-order valence-corrected chi connectivity index (χ2v) is 5.82. The van der Waals surface area contributed by atoms with Crippen LogP contribution in [0.3, 0.4) is 0 Å². The lowest BCUT2D eigenvalue weighted by molar-refractivity contribution is 0.176. The maximum atomic E-state index is 2.45. The molecule has 0 radical (unpaired) electrons. The Morgan fingerprint density at radius 1 is 1.20 bits per heavy atom. The zero-order valence-corrected chi connectivity index (χ0v) is 10.6. The van der Waals surface area contributed by atoms with Crippen LogP contribution >= 0.6 is 0 Å². The lowest BCUT2D eigenvalue weighted by atomic mass is 9.68. The third-order valence-corrected chi connectivity index (χ3v) is 4.70. The third kappa shape index (κ3) is 1.58. The van der Waals surface area contributed by atoms with E-state index >= 15 is 0 Å². The van der Waals surface area contributed by atoms with Crippen molar-refractivity contribution in [3.63, 3.8) is 0 Å². The van der Waals surface area contributed by atoms with E-state index in [0.29, 0.717) is 5.41 Å². The summed E-state index contributed by atoms with van der Waals surface area (Å²) in [7, 11) is 0. The molecule has 0 saturated heterocycles. The number of hydrogen-bond donors (Lipinski definition) is 0. The predicted octanol–water partition coefficient (Wildman–Crippen LogP) is 4.73. The van der Waals surface area contributed by atoms with Gasteiger partial charge in [-0.2, -0.15) is 0 Å². The topological polar surface area (TPSA) is 0 Å². The summed E-state index contributed by atoms with van der Waals surface area (Å²) in [4.78, 5) is 0. The number of rotatable bonds is 1. The highest BCUT2D eigenvalue weighted by Crippen LogP contribution is 2.56. The molecule has 0 aromatic heterocycles. The first-order chi connectivity index (χ1) is 7.09. The van der Waals surface area contributed by atoms with Gasteiger partial charge in [0.25, 0.3) is 0 Å². The molecule has 2 unspecified atom stereocenters. The Labute approximate surface area is 94.5 Å². The van der Waals surface area contributed by atoms with Crippen molar-refractivity contribution in [3.05, 3.63) is 23.3 Å². The van der Waals surface area contributed by atoms with Gasteiger partial charge < -0.3 is 0 Å². The zero-order chi connectivity index (χ0) is 11.1. The molecule has 0 bridgehead atoms. The summed E-state index contributed by atoms with van der Waals surface area (Å²) >= 11 is 0. The van der Waals surface area contributed by atoms with Crippen LogP contribution in [0, 0.1) is 17.3 Å². The van der Waals surface area contributed by atoms with Crippen LogP contribution in [0.5, 0.6) is 0 Å². The number of fused-ring (bicyclic) bond motifs is 1. The van der Waals surface area contributed by atoms with E-state index in [2.05, 4.69) is 39.8 Å². The largest absolute Gasteiger partial charge is 0.0874 e. The molecule has 2 rings (SSSR count). The average molecular weight is 204 g/mol. The predicted molar refractivity (Wildman–Crippen MR) is 66.7 cm³/mol. The van der Waals surface area contributed by atoms with Crippen molar-refractivity contribution in [1.82, 2.24) is 0 Å². The number of hydrogen-bond acceptors (Lipinski definition) is 0. The van der Waals surface area contributed by atoms with Crippen molar-refractivity contribution in [2.75, 3.05) is 0 Å². The van der Waals surface area contributed by atoms with Gasteiger partial charge in [-0.25, -0.2) is 0 Å². The lowest BCUT2D eigenvalue weighted by Gasteiger charge is -2.36. The fourth-order valence-corrected chi connectivity index (χ4v) is 3.93. The molecule has 2 atom stereocenters. The van der Waals surface area contributed by atoms with Gasteiger partial charge in [-0.05, 0) is 49.5 Å². The molecule has 0 aromatic rings. The quantitative estimate of drug-likeness (QED) is 0.579. The van der Waals surface area contributed by atoms with E-state index in [1.165, 1.54) is 25.7 Å². The Morgan fingerprint density at radius 3 is 2.47 bits per heavy atom. The molecule has 1 saturated carbocycles. The van der Waals surface area contributed by atoms with E-state index in [-0.39, 0.29) is 0 Å². The summed E-state index contributed by atoms with van der Waals surface area (Å²) in [5.41, 5.74) is 3.73. The van der Waals surface area contributed by atoms with Crippen LogP contribution < -0.4 is 0 Å². The fourth-order valence-electron chi connectivity index (χ4n) is 3.93. The third-order valence-electron chi connectivity index (χ3n) is 4.70. The van der Waals surface area contributed by atoms with E-state index in [0.717, 1.165) is 11.8 Å². The number of allylic oxidation sites excluding steroid dienone is 4. The van der Waals surface area contributed by atoms with E-state index < -0.39 is 0 Å².